The molecule has 1 atom stereocenters. The maximum absolute atomic E-state index is 12.3. The molecule has 1 fully saturated rings. The van der Waals surface area contributed by atoms with Crippen molar-refractivity contribution in [2.24, 2.45) is 0 Å². The van der Waals surface area contributed by atoms with Gasteiger partial charge in [0.05, 0.1) is 3.92 Å². The summed E-state index contributed by atoms with van der Waals surface area (Å²) in [6.07, 6.45) is 1.48. The Hall–Kier alpha value is 0.590. The summed E-state index contributed by atoms with van der Waals surface area (Å²) in [6, 6.07) is 0. The van der Waals surface area contributed by atoms with Crippen molar-refractivity contribution in [2.75, 3.05) is 0 Å². The molecule has 3 heteroatoms. The second-order valence-corrected chi connectivity index (χ2v) is 3.62. The number of alkyl halides is 3. The molecule has 0 bridgehead atoms. The van der Waals surface area contributed by atoms with Gasteiger partial charge < -0.3 is 0 Å². The Labute approximate surface area is 60.8 Å². The van der Waals surface area contributed by atoms with Crippen molar-refractivity contribution < 1.29 is 8.78 Å². The van der Waals surface area contributed by atoms with E-state index in [1.54, 1.807) is 0 Å². The molecule has 0 saturated heterocycles. The van der Waals surface area contributed by atoms with Crippen LogP contribution in [0.15, 0.2) is 0 Å². The van der Waals surface area contributed by atoms with Crippen molar-refractivity contribution in [2.45, 2.75) is 29.1 Å². The van der Waals surface area contributed by atoms with Crippen molar-refractivity contribution in [3.05, 3.63) is 0 Å². The summed E-state index contributed by atoms with van der Waals surface area (Å²) in [5.41, 5.74) is 0. The molecular weight excluding hydrogens is 225 g/mol. The Kier molecular flexibility index (Phi) is 1.74. The fourth-order valence-electron chi connectivity index (χ4n) is 0.885. The van der Waals surface area contributed by atoms with E-state index in [0.717, 1.165) is 0 Å². The summed E-state index contributed by atoms with van der Waals surface area (Å²) < 4.78 is 24.3. The van der Waals surface area contributed by atoms with E-state index < -0.39 is 9.85 Å². The molecular formula is C5H7F2I. The predicted molar refractivity (Wildman–Crippen MR) is 36.6 cm³/mol. The zero-order valence-electron chi connectivity index (χ0n) is 4.33. The van der Waals surface area contributed by atoms with Crippen LogP contribution < -0.4 is 0 Å². The molecule has 1 aliphatic rings. The van der Waals surface area contributed by atoms with Gasteiger partial charge in [-0.3, -0.25) is 0 Å². The minimum Gasteiger partial charge on any atom is -0.206 e. The first-order valence-electron chi connectivity index (χ1n) is 2.65. The van der Waals surface area contributed by atoms with Gasteiger partial charge in [0.15, 0.2) is 0 Å². The lowest BCUT2D eigenvalue weighted by Crippen LogP contribution is -2.20. The molecule has 0 aromatic heterocycles. The van der Waals surface area contributed by atoms with Gasteiger partial charge in [0.1, 0.15) is 0 Å². The summed E-state index contributed by atoms with van der Waals surface area (Å²) in [5.74, 6) is -2.36. The normalized spacial score (nSPS) is 35.6. The van der Waals surface area contributed by atoms with Gasteiger partial charge in [-0.1, -0.05) is 22.6 Å². The monoisotopic (exact) mass is 232 g/mol. The highest BCUT2D eigenvalue weighted by Crippen LogP contribution is 2.39. The summed E-state index contributed by atoms with van der Waals surface area (Å²) in [7, 11) is 0. The zero-order chi connectivity index (χ0) is 6.20. The van der Waals surface area contributed by atoms with E-state index >= 15 is 0 Å². The lowest BCUT2D eigenvalue weighted by atomic mass is 10.3. The average molecular weight is 232 g/mol. The quantitative estimate of drug-likeness (QED) is 0.444. The van der Waals surface area contributed by atoms with Crippen LogP contribution in [0.1, 0.15) is 19.3 Å². The van der Waals surface area contributed by atoms with E-state index in [-0.39, 0.29) is 6.42 Å². The Balaban J connectivity index is 2.54. The van der Waals surface area contributed by atoms with Crippen LogP contribution >= 0.6 is 22.6 Å². The fraction of sp³-hybridized carbons (Fsp3) is 1.00. The first-order chi connectivity index (χ1) is 3.63. The second kappa shape index (κ2) is 2.08. The first-order valence-corrected chi connectivity index (χ1v) is 3.89. The van der Waals surface area contributed by atoms with Crippen LogP contribution in [0.25, 0.3) is 0 Å². The Morgan fingerprint density at radius 1 is 1.50 bits per heavy atom. The molecule has 1 aliphatic carbocycles. The molecule has 1 rings (SSSR count). The van der Waals surface area contributed by atoms with E-state index in [4.69, 9.17) is 0 Å². The van der Waals surface area contributed by atoms with Crippen LogP contribution in [-0.4, -0.2) is 9.85 Å². The maximum Gasteiger partial charge on any atom is 0.259 e. The van der Waals surface area contributed by atoms with Crippen molar-refractivity contribution in [1.82, 2.24) is 0 Å². The Morgan fingerprint density at radius 3 is 2.25 bits per heavy atom. The van der Waals surface area contributed by atoms with Gasteiger partial charge in [-0.15, -0.1) is 0 Å². The average Bonchev–Trinajstić information content (AvgIpc) is 1.86. The van der Waals surface area contributed by atoms with Crippen LogP contribution in [0.3, 0.4) is 0 Å². The Morgan fingerprint density at radius 2 is 2.12 bits per heavy atom. The summed E-state index contributed by atoms with van der Waals surface area (Å²) in [5, 5.41) is 0. The lowest BCUT2D eigenvalue weighted by molar-refractivity contribution is 0.0189. The minimum atomic E-state index is -2.36. The zero-order valence-corrected chi connectivity index (χ0v) is 6.49. The van der Waals surface area contributed by atoms with Crippen molar-refractivity contribution in [1.29, 1.82) is 0 Å². The molecule has 0 amide bonds. The van der Waals surface area contributed by atoms with E-state index in [1.807, 2.05) is 22.6 Å². The van der Waals surface area contributed by atoms with Crippen LogP contribution in [0, 0.1) is 0 Å². The minimum absolute atomic E-state index is 0.0978. The molecule has 1 saturated carbocycles. The van der Waals surface area contributed by atoms with Gasteiger partial charge >= 0.3 is 0 Å². The molecule has 8 heavy (non-hydrogen) atoms. The van der Waals surface area contributed by atoms with Gasteiger partial charge in [-0.05, 0) is 12.8 Å². The lowest BCUT2D eigenvalue weighted by Gasteiger charge is -2.10. The van der Waals surface area contributed by atoms with Crippen LogP contribution in [0.4, 0.5) is 8.78 Å². The van der Waals surface area contributed by atoms with Gasteiger partial charge in [0, 0.05) is 6.42 Å². The fourth-order valence-corrected chi connectivity index (χ4v) is 1.64. The molecule has 0 spiro atoms. The maximum atomic E-state index is 12.3. The van der Waals surface area contributed by atoms with Gasteiger partial charge in [-0.25, -0.2) is 8.78 Å². The standard InChI is InChI=1S/C5H7F2I/c6-5(7)3-1-2-4(5)8/h4H,1-3H2. The SMILES string of the molecule is FC1(F)CCCC1I. The van der Waals surface area contributed by atoms with Crippen LogP contribution in [0.2, 0.25) is 0 Å². The second-order valence-electron chi connectivity index (χ2n) is 2.12. The molecule has 0 aromatic rings. The number of halogens is 3. The highest BCUT2D eigenvalue weighted by molar-refractivity contribution is 14.1. The first kappa shape index (κ1) is 6.71. The van der Waals surface area contributed by atoms with Crippen molar-refractivity contribution in [3.63, 3.8) is 0 Å². The van der Waals surface area contributed by atoms with E-state index in [0.29, 0.717) is 12.8 Å². The van der Waals surface area contributed by atoms with Crippen molar-refractivity contribution >= 4 is 22.6 Å². The van der Waals surface area contributed by atoms with Crippen LogP contribution in [0.5, 0.6) is 0 Å². The number of rotatable bonds is 0. The number of hydrogen-bond acceptors (Lipinski definition) is 0. The molecule has 48 valence electrons. The summed E-state index contributed by atoms with van der Waals surface area (Å²) in [6.45, 7) is 0. The van der Waals surface area contributed by atoms with Gasteiger partial charge in [0.25, 0.3) is 5.92 Å². The molecule has 0 radical (unpaired) electrons. The molecule has 0 heterocycles. The molecule has 0 nitrogen and oxygen atoms in total. The highest BCUT2D eigenvalue weighted by atomic mass is 127. The molecule has 0 aliphatic heterocycles. The smallest absolute Gasteiger partial charge is 0.206 e. The van der Waals surface area contributed by atoms with Crippen molar-refractivity contribution in [3.8, 4) is 0 Å². The largest absolute Gasteiger partial charge is 0.259 e. The molecule has 0 aromatic carbocycles. The predicted octanol–water partition coefficient (Wildman–Crippen LogP) is 2.61. The third kappa shape index (κ3) is 1.11. The third-order valence-electron chi connectivity index (χ3n) is 1.43. The Bertz CT molecular complexity index is 92.4. The van der Waals surface area contributed by atoms with Gasteiger partial charge in [-0.2, -0.15) is 0 Å². The van der Waals surface area contributed by atoms with Gasteiger partial charge in [0.2, 0.25) is 0 Å². The topological polar surface area (TPSA) is 0 Å². The van der Waals surface area contributed by atoms with E-state index in [2.05, 4.69) is 0 Å². The highest BCUT2D eigenvalue weighted by Gasteiger charge is 2.41. The van der Waals surface area contributed by atoms with E-state index in [9.17, 15) is 8.78 Å². The summed E-state index contributed by atoms with van der Waals surface area (Å²) >= 11 is 1.82. The molecule has 0 N–H and O–H groups in total. The summed E-state index contributed by atoms with van der Waals surface area (Å²) in [4.78, 5) is 0. The number of hydrogen-bond donors (Lipinski definition) is 0. The van der Waals surface area contributed by atoms with E-state index in [1.165, 1.54) is 0 Å². The van der Waals surface area contributed by atoms with Crippen LogP contribution in [-0.2, 0) is 0 Å². The molecule has 1 unspecified atom stereocenters. The third-order valence-corrected chi connectivity index (χ3v) is 2.96.